The Morgan fingerprint density at radius 3 is 2.06 bits per heavy atom. The first-order valence-corrected chi connectivity index (χ1v) is 6.17. The minimum absolute atomic E-state index is 0. The number of hydrogen-bond donors (Lipinski definition) is 1. The first kappa shape index (κ1) is 16.9. The van der Waals surface area contributed by atoms with E-state index in [-0.39, 0.29) is 41.2 Å². The summed E-state index contributed by atoms with van der Waals surface area (Å²) in [5, 5.41) is 9.19. The molecule has 0 radical (unpaired) electrons. The van der Waals surface area contributed by atoms with Crippen LogP contribution in [-0.4, -0.2) is 24.2 Å². The summed E-state index contributed by atoms with van der Waals surface area (Å²) < 4.78 is 37.0. The minimum Gasteiger partial charge on any atom is -0.746 e. The SMILES string of the molecule is CC(C)Oc1ccc(C(O)S(=O)(=O)[O-])cc1.[Na+]. The summed E-state index contributed by atoms with van der Waals surface area (Å²) in [6, 6.07) is 5.70. The van der Waals surface area contributed by atoms with E-state index in [1.807, 2.05) is 13.8 Å². The van der Waals surface area contributed by atoms with Crippen LogP contribution in [-0.2, 0) is 10.1 Å². The van der Waals surface area contributed by atoms with Gasteiger partial charge < -0.3 is 14.4 Å². The molecule has 0 amide bonds. The molecule has 1 N–H and O–H groups in total. The molecular formula is C10H13NaO5S. The van der Waals surface area contributed by atoms with Crippen molar-refractivity contribution < 1.29 is 52.4 Å². The van der Waals surface area contributed by atoms with Crippen LogP contribution in [0, 0.1) is 0 Å². The average molecular weight is 268 g/mol. The van der Waals surface area contributed by atoms with Crippen LogP contribution in [0.4, 0.5) is 0 Å². The Bertz CT molecular complexity index is 440. The summed E-state index contributed by atoms with van der Waals surface area (Å²) in [6.07, 6.45) is -0.000912. The quantitative estimate of drug-likeness (QED) is 0.505. The standard InChI is InChI=1S/C10H14O5S.Na/c1-7(2)15-9-5-3-8(4-6-9)10(11)16(12,13)14;/h3-7,10-11H,1-2H3,(H,12,13,14);/q;+1/p-1. The van der Waals surface area contributed by atoms with Gasteiger partial charge in [0.15, 0.2) is 5.44 Å². The van der Waals surface area contributed by atoms with Crippen LogP contribution >= 0.6 is 0 Å². The van der Waals surface area contributed by atoms with Crippen LogP contribution in [0.15, 0.2) is 24.3 Å². The van der Waals surface area contributed by atoms with Crippen molar-refractivity contribution in [3.05, 3.63) is 29.8 Å². The maximum atomic E-state index is 10.6. The molecule has 0 aromatic heterocycles. The zero-order chi connectivity index (χ0) is 12.3. The normalized spacial score (nSPS) is 13.0. The van der Waals surface area contributed by atoms with Crippen molar-refractivity contribution in [1.29, 1.82) is 0 Å². The molecule has 0 fully saturated rings. The first-order chi connectivity index (χ1) is 7.30. The number of hydrogen-bond acceptors (Lipinski definition) is 5. The van der Waals surface area contributed by atoms with Crippen LogP contribution in [0.5, 0.6) is 5.75 Å². The Hall–Kier alpha value is -0.110. The second kappa shape index (κ2) is 6.72. The molecule has 5 nitrogen and oxygen atoms in total. The van der Waals surface area contributed by atoms with E-state index in [1.54, 1.807) is 0 Å². The Morgan fingerprint density at radius 2 is 1.71 bits per heavy atom. The number of ether oxygens (including phenoxy) is 1. The fraction of sp³-hybridized carbons (Fsp3) is 0.400. The largest absolute Gasteiger partial charge is 1.00 e. The molecule has 0 saturated heterocycles. The minimum atomic E-state index is -4.73. The number of rotatable bonds is 4. The van der Waals surface area contributed by atoms with E-state index in [0.717, 1.165) is 0 Å². The van der Waals surface area contributed by atoms with Crippen LogP contribution in [0.3, 0.4) is 0 Å². The molecule has 0 aliphatic carbocycles. The van der Waals surface area contributed by atoms with Gasteiger partial charge in [0, 0.05) is 0 Å². The van der Waals surface area contributed by atoms with Crippen molar-refractivity contribution in [2.24, 2.45) is 0 Å². The summed E-state index contributed by atoms with van der Waals surface area (Å²) in [6.45, 7) is 3.70. The number of benzene rings is 1. The predicted octanol–water partition coefficient (Wildman–Crippen LogP) is -1.99. The van der Waals surface area contributed by atoms with E-state index in [1.165, 1.54) is 24.3 Å². The molecule has 7 heteroatoms. The molecule has 90 valence electrons. The number of aliphatic hydroxyl groups excluding tert-OH is 1. The predicted molar refractivity (Wildman–Crippen MR) is 56.9 cm³/mol. The Morgan fingerprint density at radius 1 is 1.24 bits per heavy atom. The van der Waals surface area contributed by atoms with E-state index in [2.05, 4.69) is 0 Å². The Kier molecular flexibility index (Phi) is 6.68. The first-order valence-electron chi connectivity index (χ1n) is 4.70. The second-order valence-electron chi connectivity index (χ2n) is 3.58. The maximum Gasteiger partial charge on any atom is 1.00 e. The third kappa shape index (κ3) is 5.37. The van der Waals surface area contributed by atoms with Crippen LogP contribution in [0.25, 0.3) is 0 Å². The van der Waals surface area contributed by atoms with Gasteiger partial charge >= 0.3 is 29.6 Å². The fourth-order valence-corrected chi connectivity index (χ4v) is 1.64. The van der Waals surface area contributed by atoms with Gasteiger partial charge in [-0.05, 0) is 31.5 Å². The van der Waals surface area contributed by atoms with Crippen molar-refractivity contribution >= 4 is 10.1 Å². The van der Waals surface area contributed by atoms with Gasteiger partial charge in [-0.1, -0.05) is 12.1 Å². The van der Waals surface area contributed by atoms with Crippen molar-refractivity contribution in [1.82, 2.24) is 0 Å². The Labute approximate surface area is 123 Å². The second-order valence-corrected chi connectivity index (χ2v) is 5.01. The molecule has 0 aliphatic rings. The van der Waals surface area contributed by atoms with Crippen molar-refractivity contribution in [3.63, 3.8) is 0 Å². The fourth-order valence-electron chi connectivity index (χ4n) is 1.15. The van der Waals surface area contributed by atoms with Gasteiger partial charge in [0.1, 0.15) is 15.9 Å². The zero-order valence-electron chi connectivity index (χ0n) is 9.95. The molecule has 1 rings (SSSR count). The van der Waals surface area contributed by atoms with E-state index in [9.17, 15) is 18.1 Å². The molecular weight excluding hydrogens is 255 g/mol. The van der Waals surface area contributed by atoms with Gasteiger partial charge in [0.2, 0.25) is 0 Å². The third-order valence-electron chi connectivity index (χ3n) is 1.81. The summed E-state index contributed by atoms with van der Waals surface area (Å²) >= 11 is 0. The van der Waals surface area contributed by atoms with E-state index in [4.69, 9.17) is 4.74 Å². The molecule has 0 spiro atoms. The van der Waals surface area contributed by atoms with Gasteiger partial charge in [0.05, 0.1) is 6.10 Å². The third-order valence-corrected chi connectivity index (χ3v) is 2.63. The van der Waals surface area contributed by atoms with Gasteiger partial charge in [-0.15, -0.1) is 0 Å². The molecule has 0 bridgehead atoms. The molecule has 1 unspecified atom stereocenters. The van der Waals surface area contributed by atoms with Crippen LogP contribution < -0.4 is 34.3 Å². The molecule has 1 aromatic rings. The number of aliphatic hydroxyl groups is 1. The molecule has 0 heterocycles. The summed E-state index contributed by atoms with van der Waals surface area (Å²) in [5.41, 5.74) is -1.99. The average Bonchev–Trinajstić information content (AvgIpc) is 2.15. The summed E-state index contributed by atoms with van der Waals surface area (Å²) in [7, 11) is -4.73. The van der Waals surface area contributed by atoms with Crippen LogP contribution in [0.1, 0.15) is 24.8 Å². The van der Waals surface area contributed by atoms with E-state index >= 15 is 0 Å². The monoisotopic (exact) mass is 268 g/mol. The summed E-state index contributed by atoms with van der Waals surface area (Å²) in [4.78, 5) is 0. The molecule has 0 saturated carbocycles. The van der Waals surface area contributed by atoms with Crippen LogP contribution in [0.2, 0.25) is 0 Å². The van der Waals surface area contributed by atoms with Gasteiger partial charge in [-0.2, -0.15) is 0 Å². The van der Waals surface area contributed by atoms with Gasteiger partial charge in [0.25, 0.3) is 0 Å². The smallest absolute Gasteiger partial charge is 0.746 e. The van der Waals surface area contributed by atoms with Crippen molar-refractivity contribution in [3.8, 4) is 5.75 Å². The van der Waals surface area contributed by atoms with Crippen molar-refractivity contribution in [2.75, 3.05) is 0 Å². The zero-order valence-corrected chi connectivity index (χ0v) is 12.8. The molecule has 1 atom stereocenters. The van der Waals surface area contributed by atoms with Gasteiger partial charge in [-0.3, -0.25) is 0 Å². The molecule has 0 aliphatic heterocycles. The topological polar surface area (TPSA) is 86.7 Å². The van der Waals surface area contributed by atoms with Gasteiger partial charge in [-0.25, -0.2) is 8.42 Å². The molecule has 17 heavy (non-hydrogen) atoms. The summed E-state index contributed by atoms with van der Waals surface area (Å²) in [5.74, 6) is 0.550. The maximum absolute atomic E-state index is 10.6. The van der Waals surface area contributed by atoms with E-state index in [0.29, 0.717) is 5.75 Å². The molecule has 1 aromatic carbocycles. The van der Waals surface area contributed by atoms with Crippen molar-refractivity contribution in [2.45, 2.75) is 25.4 Å². The Balaban J connectivity index is 0.00000256. The van der Waals surface area contributed by atoms with E-state index < -0.39 is 15.6 Å².